The molecule has 0 saturated heterocycles. The average Bonchev–Trinajstić information content (AvgIpc) is 3.28. The van der Waals surface area contributed by atoms with Gasteiger partial charge in [-0.05, 0) is 74.9 Å². The number of nitrogens with two attached hydrogens (primary N) is 2. The summed E-state index contributed by atoms with van der Waals surface area (Å²) in [6.07, 6.45) is 2.56. The summed E-state index contributed by atoms with van der Waals surface area (Å²) in [5.74, 6) is -6.07. The summed E-state index contributed by atoms with van der Waals surface area (Å²) in [5.41, 5.74) is 12.0. The molecule has 0 radical (unpaired) electrons. The number of esters is 1. The van der Waals surface area contributed by atoms with E-state index in [0.717, 1.165) is 18.6 Å². The van der Waals surface area contributed by atoms with Crippen molar-refractivity contribution in [2.45, 2.75) is 95.5 Å². The molecule has 0 aliphatic rings. The normalized spacial score (nSPS) is 13.3. The zero-order chi connectivity index (χ0) is 47.7. The van der Waals surface area contributed by atoms with Gasteiger partial charge in [0.2, 0.25) is 35.4 Å². The molecule has 0 saturated carbocycles. The van der Waals surface area contributed by atoms with Crippen LogP contribution in [0.4, 0.5) is 4.39 Å². The van der Waals surface area contributed by atoms with Gasteiger partial charge in [0.15, 0.2) is 6.10 Å². The second kappa shape index (κ2) is 28.2. The van der Waals surface area contributed by atoms with Crippen LogP contribution in [0.3, 0.4) is 0 Å². The molecule has 5 atom stereocenters. The monoisotopic (exact) mass is 921 g/mol. The Morgan fingerprint density at radius 1 is 0.754 bits per heavy atom. The number of benzene rings is 3. The molecular weight excluding hydrogens is 865 g/mol. The van der Waals surface area contributed by atoms with Crippen molar-refractivity contribution in [2.75, 3.05) is 19.8 Å². The van der Waals surface area contributed by atoms with E-state index in [1.807, 2.05) is 6.92 Å². The minimum Gasteiger partial charge on any atom is -0.464 e. The molecule has 65 heavy (non-hydrogen) atoms. The summed E-state index contributed by atoms with van der Waals surface area (Å²) in [6, 6.07) is 16.7. The van der Waals surface area contributed by atoms with Crippen molar-refractivity contribution >= 4 is 65.0 Å². The summed E-state index contributed by atoms with van der Waals surface area (Å²) >= 11 is 5.73. The molecule has 9 N–H and O–H groups in total. The number of amides is 7. The topological polar surface area (TPSA) is 267 Å². The highest BCUT2D eigenvalue weighted by Gasteiger charge is 2.34. The van der Waals surface area contributed by atoms with Crippen molar-refractivity contribution in [1.82, 2.24) is 26.6 Å². The molecule has 350 valence electrons. The minimum atomic E-state index is -1.30. The molecule has 0 spiro atoms. The third-order valence-electron chi connectivity index (χ3n) is 9.75. The molecule has 0 unspecified atom stereocenters. The van der Waals surface area contributed by atoms with Gasteiger partial charge >= 0.3 is 5.97 Å². The van der Waals surface area contributed by atoms with Crippen LogP contribution in [0, 0.1) is 5.82 Å². The smallest absolute Gasteiger partial charge is 0.337 e. The molecule has 0 bridgehead atoms. The van der Waals surface area contributed by atoms with Gasteiger partial charge in [-0.2, -0.15) is 0 Å². The van der Waals surface area contributed by atoms with Crippen LogP contribution in [0.2, 0.25) is 5.02 Å². The molecule has 0 heterocycles. The highest BCUT2D eigenvalue weighted by molar-refractivity contribution is 6.30. The number of carbonyl (C=O) groups is 8. The number of unbranched alkanes of at least 4 members (excludes halogenated alkanes) is 2. The molecule has 3 aromatic rings. The lowest BCUT2D eigenvalue weighted by atomic mass is 10.00. The highest BCUT2D eigenvalue weighted by Crippen LogP contribution is 2.22. The second-order valence-corrected chi connectivity index (χ2v) is 15.3. The number of halogens is 2. The van der Waals surface area contributed by atoms with E-state index in [2.05, 4.69) is 26.6 Å². The number of hydrogen-bond donors (Lipinski definition) is 7. The fraction of sp³-hybridized carbons (Fsp3) is 0.391. The summed E-state index contributed by atoms with van der Waals surface area (Å²) in [7, 11) is 0. The van der Waals surface area contributed by atoms with Crippen LogP contribution < -0.4 is 38.1 Å². The standard InChI is InChI=1S/C46H57ClFN7O10/c1-3-4-26-65-46(63)41(40(31-13-7-5-8-14-31)55-45(62)32-15-9-6-10-16-32)64-27-24-37(56)51-25-12-11-17-35(42(49)59)53-39(58)23-21-36(43(50)60)54-44(61)29(2)52-38(57)22-19-30-18-20-33(47)28-34(30)48/h5-10,13-16,18-20,22,28-29,35-36,40-41H,3-4,11-12,17,21,23-27H2,1-2H3,(H2,49,59)(H2,50,60)(H,51,56)(H,52,57)(H,53,58)(H,54,61)(H,55,62)/b22-19+/t29-,35-,36+,40-,41+/m0/s1. The first kappa shape index (κ1) is 52.7. The Balaban J connectivity index is 1.44. The van der Waals surface area contributed by atoms with E-state index in [0.29, 0.717) is 30.4 Å². The lowest BCUT2D eigenvalue weighted by Crippen LogP contribution is -2.52. The van der Waals surface area contributed by atoms with Crippen molar-refractivity contribution in [3.05, 3.63) is 112 Å². The van der Waals surface area contributed by atoms with Crippen LogP contribution >= 0.6 is 11.6 Å². The number of primary amides is 2. The molecule has 3 aromatic carbocycles. The van der Waals surface area contributed by atoms with Crippen LogP contribution in [-0.4, -0.2) is 91.3 Å². The quantitative estimate of drug-likeness (QED) is 0.0317. The number of nitrogens with one attached hydrogen (secondary N) is 5. The van der Waals surface area contributed by atoms with Crippen LogP contribution in [0.5, 0.6) is 0 Å². The lowest BCUT2D eigenvalue weighted by Gasteiger charge is -2.27. The Labute approximate surface area is 381 Å². The first-order chi connectivity index (χ1) is 31.1. The Morgan fingerprint density at radius 3 is 2.06 bits per heavy atom. The van der Waals surface area contributed by atoms with Gasteiger partial charge in [-0.25, -0.2) is 9.18 Å². The summed E-state index contributed by atoms with van der Waals surface area (Å²) in [5, 5.41) is 13.1. The van der Waals surface area contributed by atoms with E-state index in [9.17, 15) is 42.7 Å². The van der Waals surface area contributed by atoms with E-state index in [1.54, 1.807) is 60.7 Å². The molecule has 3 rings (SSSR count). The first-order valence-electron chi connectivity index (χ1n) is 21.2. The number of hydrogen-bond acceptors (Lipinski definition) is 10. The fourth-order valence-electron chi connectivity index (χ4n) is 6.12. The number of carbonyl (C=O) groups excluding carboxylic acids is 8. The highest BCUT2D eigenvalue weighted by atomic mass is 35.5. The Kier molecular flexibility index (Phi) is 22.9. The van der Waals surface area contributed by atoms with Gasteiger partial charge in [-0.1, -0.05) is 79.5 Å². The van der Waals surface area contributed by atoms with Crippen LogP contribution in [0.1, 0.15) is 92.7 Å². The predicted octanol–water partition coefficient (Wildman–Crippen LogP) is 3.29. The fourth-order valence-corrected chi connectivity index (χ4v) is 6.27. The molecule has 0 aliphatic heterocycles. The van der Waals surface area contributed by atoms with E-state index < -0.39 is 77.5 Å². The first-order valence-corrected chi connectivity index (χ1v) is 21.5. The molecule has 0 fully saturated rings. The third-order valence-corrected chi connectivity index (χ3v) is 9.99. The molecule has 19 heteroatoms. The average molecular weight is 922 g/mol. The molecular formula is C46H57ClFN7O10. The summed E-state index contributed by atoms with van der Waals surface area (Å²) in [6.45, 7) is 3.47. The van der Waals surface area contributed by atoms with Gasteiger partial charge in [0.25, 0.3) is 5.91 Å². The van der Waals surface area contributed by atoms with Gasteiger partial charge in [0.1, 0.15) is 23.9 Å². The molecule has 0 aromatic heterocycles. The Bertz CT molecular complexity index is 2110. The van der Waals surface area contributed by atoms with Gasteiger partial charge in [-0.3, -0.25) is 33.6 Å². The zero-order valence-corrected chi connectivity index (χ0v) is 37.1. The van der Waals surface area contributed by atoms with Crippen molar-refractivity contribution in [2.24, 2.45) is 11.5 Å². The molecule has 17 nitrogen and oxygen atoms in total. The minimum absolute atomic E-state index is 0.0899. The van der Waals surface area contributed by atoms with E-state index in [-0.39, 0.29) is 61.9 Å². The van der Waals surface area contributed by atoms with Crippen molar-refractivity contribution in [1.29, 1.82) is 0 Å². The summed E-state index contributed by atoms with van der Waals surface area (Å²) in [4.78, 5) is 101. The van der Waals surface area contributed by atoms with E-state index >= 15 is 0 Å². The summed E-state index contributed by atoms with van der Waals surface area (Å²) < 4.78 is 25.5. The van der Waals surface area contributed by atoms with Crippen molar-refractivity contribution in [3.63, 3.8) is 0 Å². The van der Waals surface area contributed by atoms with Crippen LogP contribution in [-0.2, 0) is 43.0 Å². The van der Waals surface area contributed by atoms with Crippen molar-refractivity contribution in [3.8, 4) is 0 Å². The number of rotatable bonds is 28. The maximum atomic E-state index is 14.0. The predicted molar refractivity (Wildman–Crippen MR) is 240 cm³/mol. The van der Waals surface area contributed by atoms with Gasteiger partial charge in [0, 0.05) is 41.6 Å². The van der Waals surface area contributed by atoms with Crippen LogP contribution in [0.25, 0.3) is 6.08 Å². The van der Waals surface area contributed by atoms with Crippen molar-refractivity contribution < 1.29 is 52.2 Å². The van der Waals surface area contributed by atoms with E-state index in [4.69, 9.17) is 32.5 Å². The third kappa shape index (κ3) is 19.3. The Morgan fingerprint density at radius 2 is 1.42 bits per heavy atom. The Hall–Kier alpha value is -6.66. The maximum absolute atomic E-state index is 14.0. The second-order valence-electron chi connectivity index (χ2n) is 14.9. The zero-order valence-electron chi connectivity index (χ0n) is 36.3. The van der Waals surface area contributed by atoms with Gasteiger partial charge < -0.3 is 47.5 Å². The maximum Gasteiger partial charge on any atom is 0.337 e. The number of ether oxygens (including phenoxy) is 2. The molecule has 0 aliphatic carbocycles. The lowest BCUT2D eigenvalue weighted by molar-refractivity contribution is -0.160. The molecule has 7 amide bonds. The van der Waals surface area contributed by atoms with Gasteiger partial charge in [0.05, 0.1) is 19.3 Å². The van der Waals surface area contributed by atoms with Crippen LogP contribution in [0.15, 0.2) is 84.9 Å². The largest absolute Gasteiger partial charge is 0.464 e. The SMILES string of the molecule is CCCCOC(=O)[C@H](OCCC(=O)NCCCC[C@H](NC(=O)CC[C@@H](NC(=O)[C@H](C)NC(=O)/C=C/c1ccc(Cl)cc1F)C(N)=O)C(N)=O)[C@@H](NC(=O)c1ccccc1)c1ccccc1. The van der Waals surface area contributed by atoms with Gasteiger partial charge in [-0.15, -0.1) is 0 Å². The van der Waals surface area contributed by atoms with E-state index in [1.165, 1.54) is 25.1 Å².